The van der Waals surface area contributed by atoms with Crippen LogP contribution in [0.1, 0.15) is 67.3 Å². The number of hydrogen-bond acceptors (Lipinski definition) is 3. The van der Waals surface area contributed by atoms with E-state index in [-0.39, 0.29) is 18.2 Å². The van der Waals surface area contributed by atoms with Gasteiger partial charge in [-0.3, -0.25) is 14.4 Å². The summed E-state index contributed by atoms with van der Waals surface area (Å²) in [6, 6.07) is 5.27. The number of aryl methyl sites for hydroxylation is 1. The van der Waals surface area contributed by atoms with Crippen LogP contribution in [0.15, 0.2) is 18.2 Å². The number of likely N-dealkylation sites (tertiary alicyclic amines) is 1. The summed E-state index contributed by atoms with van der Waals surface area (Å²) >= 11 is 0. The number of carboxylic acids is 1. The topological polar surface area (TPSA) is 86.7 Å². The number of carbonyl (C=O) groups is 3. The summed E-state index contributed by atoms with van der Waals surface area (Å²) in [5.41, 5.74) is 1.12. The fraction of sp³-hybridized carbons (Fsp3) is 0.571. The average Bonchev–Trinajstić information content (AvgIpc) is 3.18. The molecule has 2 N–H and O–H groups in total. The largest absolute Gasteiger partial charge is 0.481 e. The number of nitrogens with zero attached hydrogens (tertiary/aromatic N) is 1. The monoisotopic (exact) mass is 372 g/mol. The lowest BCUT2D eigenvalue weighted by atomic mass is 9.71. The second-order valence-electron chi connectivity index (χ2n) is 7.90. The molecule has 0 bridgehead atoms. The van der Waals surface area contributed by atoms with Gasteiger partial charge in [-0.1, -0.05) is 19.3 Å². The van der Waals surface area contributed by atoms with Crippen molar-refractivity contribution >= 4 is 23.5 Å². The Kier molecular flexibility index (Phi) is 5.82. The number of amides is 2. The first-order valence-corrected chi connectivity index (χ1v) is 9.84. The summed E-state index contributed by atoms with van der Waals surface area (Å²) in [7, 11) is 0. The van der Waals surface area contributed by atoms with Crippen molar-refractivity contribution in [1.29, 1.82) is 0 Å². The van der Waals surface area contributed by atoms with E-state index in [0.29, 0.717) is 24.1 Å². The highest BCUT2D eigenvalue weighted by Gasteiger charge is 2.41. The van der Waals surface area contributed by atoms with Gasteiger partial charge in [-0.05, 0) is 56.4 Å². The van der Waals surface area contributed by atoms with Crippen molar-refractivity contribution in [3.63, 3.8) is 0 Å². The molecule has 0 unspecified atom stereocenters. The van der Waals surface area contributed by atoms with Crippen LogP contribution in [0, 0.1) is 12.3 Å². The van der Waals surface area contributed by atoms with Gasteiger partial charge in [0.1, 0.15) is 0 Å². The van der Waals surface area contributed by atoms with E-state index in [1.165, 1.54) is 0 Å². The molecule has 146 valence electrons. The Morgan fingerprint density at radius 3 is 2.33 bits per heavy atom. The van der Waals surface area contributed by atoms with E-state index in [1.807, 2.05) is 11.8 Å². The third-order valence-electron chi connectivity index (χ3n) is 5.90. The Hall–Kier alpha value is -2.37. The van der Waals surface area contributed by atoms with Gasteiger partial charge in [-0.25, -0.2) is 0 Å². The second kappa shape index (κ2) is 8.11. The Balaban J connectivity index is 1.67. The zero-order valence-corrected chi connectivity index (χ0v) is 15.9. The summed E-state index contributed by atoms with van der Waals surface area (Å²) in [6.45, 7) is 3.45. The van der Waals surface area contributed by atoms with Gasteiger partial charge in [0, 0.05) is 30.8 Å². The lowest BCUT2D eigenvalue weighted by Gasteiger charge is -2.32. The molecule has 0 radical (unpaired) electrons. The van der Waals surface area contributed by atoms with Crippen LogP contribution in [-0.2, 0) is 9.59 Å². The van der Waals surface area contributed by atoms with Gasteiger partial charge in [0.2, 0.25) is 5.91 Å². The maximum Gasteiger partial charge on any atom is 0.310 e. The molecule has 1 heterocycles. The first kappa shape index (κ1) is 19.4. The van der Waals surface area contributed by atoms with E-state index in [4.69, 9.17) is 0 Å². The van der Waals surface area contributed by atoms with Crippen molar-refractivity contribution in [3.8, 4) is 0 Å². The summed E-state index contributed by atoms with van der Waals surface area (Å²) in [5, 5.41) is 12.5. The molecule has 1 aromatic carbocycles. The molecule has 27 heavy (non-hydrogen) atoms. The van der Waals surface area contributed by atoms with E-state index in [2.05, 4.69) is 5.32 Å². The maximum atomic E-state index is 12.5. The maximum absolute atomic E-state index is 12.5. The van der Waals surface area contributed by atoms with Gasteiger partial charge in [0.25, 0.3) is 5.91 Å². The highest BCUT2D eigenvalue weighted by molar-refractivity contribution is 5.97. The smallest absolute Gasteiger partial charge is 0.310 e. The lowest BCUT2D eigenvalue weighted by molar-refractivity contribution is -0.153. The minimum atomic E-state index is -0.943. The number of rotatable bonds is 5. The molecule has 2 aliphatic rings. The fourth-order valence-electron chi connectivity index (χ4n) is 4.24. The molecule has 0 aromatic heterocycles. The molecular formula is C21H28N2O4. The third-order valence-corrected chi connectivity index (χ3v) is 5.90. The summed E-state index contributed by atoms with van der Waals surface area (Å²) in [4.78, 5) is 38.6. The van der Waals surface area contributed by atoms with Crippen LogP contribution in [0.3, 0.4) is 0 Å². The van der Waals surface area contributed by atoms with Gasteiger partial charge >= 0.3 is 5.97 Å². The number of carboxylic acid groups (broad SMARTS) is 1. The number of hydrogen-bond donors (Lipinski definition) is 2. The van der Waals surface area contributed by atoms with Gasteiger partial charge in [-0.15, -0.1) is 0 Å². The Morgan fingerprint density at radius 2 is 1.74 bits per heavy atom. The van der Waals surface area contributed by atoms with Crippen molar-refractivity contribution in [2.45, 2.75) is 58.3 Å². The molecule has 1 saturated heterocycles. The zero-order chi connectivity index (χ0) is 19.4. The fourth-order valence-corrected chi connectivity index (χ4v) is 4.24. The van der Waals surface area contributed by atoms with E-state index in [9.17, 15) is 19.5 Å². The predicted molar refractivity (Wildman–Crippen MR) is 103 cm³/mol. The first-order chi connectivity index (χ1) is 12.9. The third kappa shape index (κ3) is 4.31. The first-order valence-electron chi connectivity index (χ1n) is 9.84. The zero-order valence-electron chi connectivity index (χ0n) is 15.9. The predicted octanol–water partition coefficient (Wildman–Crippen LogP) is 3.59. The summed E-state index contributed by atoms with van der Waals surface area (Å²) in [5.74, 6) is -1.12. The standard InChI is InChI=1S/C21H28N2O4/c1-15-13-16(19(25)23-11-5-6-12-23)7-8-17(15)22-18(24)14-21(20(26)27)9-3-2-4-10-21/h7-8,13H,2-6,9-12,14H2,1H3,(H,22,24)(H,26,27). The molecule has 1 aliphatic heterocycles. The van der Waals surface area contributed by atoms with Crippen LogP contribution in [0.25, 0.3) is 0 Å². The van der Waals surface area contributed by atoms with E-state index in [0.717, 1.165) is 50.8 Å². The van der Waals surface area contributed by atoms with Crippen LogP contribution in [-0.4, -0.2) is 40.9 Å². The van der Waals surface area contributed by atoms with Crippen LogP contribution in [0.5, 0.6) is 0 Å². The minimum absolute atomic E-state index is 0.00374. The number of carbonyl (C=O) groups excluding carboxylic acids is 2. The molecule has 0 atom stereocenters. The number of benzene rings is 1. The van der Waals surface area contributed by atoms with Crippen LogP contribution in [0.4, 0.5) is 5.69 Å². The second-order valence-corrected chi connectivity index (χ2v) is 7.90. The number of nitrogens with one attached hydrogen (secondary N) is 1. The molecule has 1 saturated carbocycles. The molecule has 3 rings (SSSR count). The van der Waals surface area contributed by atoms with Crippen molar-refractivity contribution in [2.75, 3.05) is 18.4 Å². The summed E-state index contributed by atoms with van der Waals surface area (Å²) < 4.78 is 0. The Morgan fingerprint density at radius 1 is 1.07 bits per heavy atom. The molecular weight excluding hydrogens is 344 g/mol. The van der Waals surface area contributed by atoms with E-state index >= 15 is 0 Å². The molecule has 2 amide bonds. The molecule has 6 nitrogen and oxygen atoms in total. The van der Waals surface area contributed by atoms with Crippen LogP contribution >= 0.6 is 0 Å². The van der Waals surface area contributed by atoms with Crippen LogP contribution in [0.2, 0.25) is 0 Å². The molecule has 1 aromatic rings. The van der Waals surface area contributed by atoms with Crippen molar-refractivity contribution in [1.82, 2.24) is 4.90 Å². The summed E-state index contributed by atoms with van der Waals surface area (Å²) in [6.07, 6.45) is 5.93. The van der Waals surface area contributed by atoms with Gasteiger partial charge in [0.05, 0.1) is 5.41 Å². The lowest BCUT2D eigenvalue weighted by Crippen LogP contribution is -2.37. The molecule has 0 spiro atoms. The normalized spacial score (nSPS) is 18.9. The number of anilines is 1. The van der Waals surface area contributed by atoms with Gasteiger partial charge in [0.15, 0.2) is 0 Å². The highest BCUT2D eigenvalue weighted by Crippen LogP contribution is 2.40. The van der Waals surface area contributed by atoms with E-state index < -0.39 is 11.4 Å². The highest BCUT2D eigenvalue weighted by atomic mass is 16.4. The minimum Gasteiger partial charge on any atom is -0.481 e. The Bertz CT molecular complexity index is 732. The van der Waals surface area contributed by atoms with E-state index in [1.54, 1.807) is 18.2 Å². The van der Waals surface area contributed by atoms with Gasteiger partial charge in [-0.2, -0.15) is 0 Å². The van der Waals surface area contributed by atoms with Crippen molar-refractivity contribution in [2.24, 2.45) is 5.41 Å². The average molecular weight is 372 g/mol. The van der Waals surface area contributed by atoms with Crippen LogP contribution < -0.4 is 5.32 Å². The molecule has 2 fully saturated rings. The Labute approximate surface area is 159 Å². The SMILES string of the molecule is Cc1cc(C(=O)N2CCCC2)ccc1NC(=O)CC1(C(=O)O)CCCCC1. The quantitative estimate of drug-likeness (QED) is 0.827. The molecule has 1 aliphatic carbocycles. The molecule has 6 heteroatoms. The van der Waals surface area contributed by atoms with Gasteiger partial charge < -0.3 is 15.3 Å². The van der Waals surface area contributed by atoms with Crippen molar-refractivity contribution < 1.29 is 19.5 Å². The van der Waals surface area contributed by atoms with Crippen molar-refractivity contribution in [3.05, 3.63) is 29.3 Å². The number of aliphatic carboxylic acids is 1.